The lowest BCUT2D eigenvalue weighted by Gasteiger charge is -2.32. The molecule has 1 atom stereocenters. The van der Waals surface area contributed by atoms with Gasteiger partial charge in [0, 0.05) is 30.6 Å². The van der Waals surface area contributed by atoms with Crippen LogP contribution in [0.25, 0.3) is 17.2 Å². The Balaban J connectivity index is 1.44. The summed E-state index contributed by atoms with van der Waals surface area (Å²) < 4.78 is 39.5. The summed E-state index contributed by atoms with van der Waals surface area (Å²) in [4.78, 5) is 17.0. The largest absolute Gasteiger partial charge is 0.355 e. The second kappa shape index (κ2) is 8.15. The molecule has 1 fully saturated rings. The number of anilines is 2. The predicted molar refractivity (Wildman–Crippen MR) is 129 cm³/mol. The number of amides is 1. The molecule has 5 nitrogen and oxygen atoms in total. The number of sulfone groups is 1. The normalized spacial score (nSPS) is 18.0. The first-order chi connectivity index (χ1) is 15.8. The van der Waals surface area contributed by atoms with Crippen molar-refractivity contribution in [2.45, 2.75) is 17.4 Å². The van der Waals surface area contributed by atoms with Crippen LogP contribution in [0, 0.1) is 5.82 Å². The summed E-state index contributed by atoms with van der Waals surface area (Å²) in [5, 5.41) is 0. The number of halogens is 1. The van der Waals surface area contributed by atoms with Gasteiger partial charge in [-0.1, -0.05) is 54.6 Å². The van der Waals surface area contributed by atoms with Crippen molar-refractivity contribution in [1.82, 2.24) is 0 Å². The maximum absolute atomic E-state index is 15.2. The Morgan fingerprint density at radius 1 is 0.970 bits per heavy atom. The molecule has 0 aromatic heterocycles. The summed E-state index contributed by atoms with van der Waals surface area (Å²) in [6.07, 6.45) is 5.81. The van der Waals surface area contributed by atoms with Crippen molar-refractivity contribution in [2.75, 3.05) is 29.1 Å². The van der Waals surface area contributed by atoms with E-state index in [0.717, 1.165) is 17.5 Å². The highest BCUT2D eigenvalue weighted by molar-refractivity contribution is 7.90. The van der Waals surface area contributed by atoms with Crippen LogP contribution in [0.3, 0.4) is 0 Å². The fourth-order valence-electron chi connectivity index (χ4n) is 4.69. The topological polar surface area (TPSA) is 57.7 Å². The number of carbonyl (C=O) groups excluding carboxylic acids is 1. The van der Waals surface area contributed by atoms with Crippen molar-refractivity contribution < 1.29 is 17.6 Å². The van der Waals surface area contributed by atoms with E-state index in [9.17, 15) is 13.2 Å². The Hall–Kier alpha value is -3.45. The molecule has 0 unspecified atom stereocenters. The molecule has 3 aromatic carbocycles. The van der Waals surface area contributed by atoms with E-state index >= 15 is 4.39 Å². The van der Waals surface area contributed by atoms with Gasteiger partial charge in [0.1, 0.15) is 11.9 Å². The average Bonchev–Trinajstić information content (AvgIpc) is 3.19. The van der Waals surface area contributed by atoms with E-state index in [1.54, 1.807) is 30.3 Å². The minimum atomic E-state index is -3.47. The second-order valence-electron chi connectivity index (χ2n) is 8.34. The minimum absolute atomic E-state index is 0.136. The molecule has 168 valence electrons. The smallest absolute Gasteiger partial charge is 0.249 e. The number of nitrogens with zero attached hydrogens (tertiary/aromatic N) is 2. The quantitative estimate of drug-likeness (QED) is 0.572. The van der Waals surface area contributed by atoms with E-state index in [1.807, 2.05) is 30.3 Å². The molecule has 0 N–H and O–H groups in total. The van der Waals surface area contributed by atoms with Crippen LogP contribution in [-0.4, -0.2) is 39.7 Å². The Morgan fingerprint density at radius 3 is 2.52 bits per heavy atom. The van der Waals surface area contributed by atoms with Crippen molar-refractivity contribution in [3.8, 4) is 11.1 Å². The van der Waals surface area contributed by atoms with Gasteiger partial charge in [-0.25, -0.2) is 12.8 Å². The van der Waals surface area contributed by atoms with Gasteiger partial charge >= 0.3 is 0 Å². The first-order valence-corrected chi connectivity index (χ1v) is 12.7. The molecular weight excluding hydrogens is 439 g/mol. The molecular formula is C26H23FN2O3S. The lowest BCUT2D eigenvalue weighted by molar-refractivity contribution is -0.118. The molecule has 3 aromatic rings. The molecule has 0 radical (unpaired) electrons. The SMILES string of the molecule is CS(=O)(=O)c1ccccc1-c1ccc(N2CC[C@H](N3CC=Cc4ccccc43)C2=O)c(F)c1. The number of para-hydroxylation sites is 1. The van der Waals surface area contributed by atoms with Crippen LogP contribution in [0.5, 0.6) is 0 Å². The Labute approximate surface area is 192 Å². The molecule has 33 heavy (non-hydrogen) atoms. The third kappa shape index (κ3) is 3.82. The second-order valence-corrected chi connectivity index (χ2v) is 10.3. The summed E-state index contributed by atoms with van der Waals surface area (Å²) >= 11 is 0. The monoisotopic (exact) mass is 462 g/mol. The standard InChI is InChI=1S/C26H23FN2O3S/c1-33(31,32)25-11-5-3-9-20(25)19-12-13-23(21(27)17-19)29-16-14-24(26(29)30)28-15-6-8-18-7-2-4-10-22(18)28/h2-13,17,24H,14-16H2,1H3/t24-/m0/s1. The molecule has 2 aliphatic rings. The van der Waals surface area contributed by atoms with Gasteiger partial charge < -0.3 is 9.80 Å². The van der Waals surface area contributed by atoms with Crippen molar-refractivity contribution in [3.05, 3.63) is 84.2 Å². The van der Waals surface area contributed by atoms with E-state index in [1.165, 1.54) is 17.0 Å². The number of carbonyl (C=O) groups is 1. The molecule has 2 heterocycles. The van der Waals surface area contributed by atoms with Crippen LogP contribution < -0.4 is 9.80 Å². The first kappa shape index (κ1) is 21.4. The van der Waals surface area contributed by atoms with E-state index in [2.05, 4.69) is 11.0 Å². The Bertz CT molecular complexity index is 1380. The van der Waals surface area contributed by atoms with E-state index in [0.29, 0.717) is 30.6 Å². The zero-order chi connectivity index (χ0) is 23.2. The van der Waals surface area contributed by atoms with Crippen LogP contribution in [0.4, 0.5) is 15.8 Å². The maximum Gasteiger partial charge on any atom is 0.249 e. The molecule has 1 amide bonds. The van der Waals surface area contributed by atoms with E-state index in [4.69, 9.17) is 0 Å². The Kier molecular flexibility index (Phi) is 5.29. The van der Waals surface area contributed by atoms with Gasteiger partial charge in [-0.2, -0.15) is 0 Å². The van der Waals surface area contributed by atoms with E-state index < -0.39 is 15.7 Å². The van der Waals surface area contributed by atoms with Gasteiger partial charge in [0.2, 0.25) is 5.91 Å². The van der Waals surface area contributed by atoms with Crippen LogP contribution in [0.15, 0.2) is 77.7 Å². The van der Waals surface area contributed by atoms with Gasteiger partial charge in [-0.05, 0) is 41.8 Å². The summed E-state index contributed by atoms with van der Waals surface area (Å²) in [6, 6.07) is 18.6. The molecule has 0 aliphatic carbocycles. The summed E-state index contributed by atoms with van der Waals surface area (Å²) in [6.45, 7) is 1.05. The van der Waals surface area contributed by atoms with Gasteiger partial charge in [0.25, 0.3) is 0 Å². The molecule has 2 aliphatic heterocycles. The van der Waals surface area contributed by atoms with Crippen molar-refractivity contribution in [2.24, 2.45) is 0 Å². The molecule has 0 bridgehead atoms. The van der Waals surface area contributed by atoms with Gasteiger partial charge in [-0.15, -0.1) is 0 Å². The third-order valence-electron chi connectivity index (χ3n) is 6.24. The first-order valence-electron chi connectivity index (χ1n) is 10.8. The number of hydrogen-bond donors (Lipinski definition) is 0. The van der Waals surface area contributed by atoms with Crippen LogP contribution in [-0.2, 0) is 14.6 Å². The fourth-order valence-corrected chi connectivity index (χ4v) is 5.60. The van der Waals surface area contributed by atoms with Crippen molar-refractivity contribution >= 4 is 33.2 Å². The molecule has 0 spiro atoms. The highest BCUT2D eigenvalue weighted by Gasteiger charge is 2.38. The molecule has 7 heteroatoms. The van der Waals surface area contributed by atoms with Gasteiger partial charge in [0.15, 0.2) is 9.84 Å². The molecule has 0 saturated carbocycles. The number of rotatable bonds is 4. The van der Waals surface area contributed by atoms with Crippen LogP contribution >= 0.6 is 0 Å². The summed E-state index contributed by atoms with van der Waals surface area (Å²) in [5.41, 5.74) is 3.18. The zero-order valence-electron chi connectivity index (χ0n) is 18.1. The Morgan fingerprint density at radius 2 is 1.73 bits per heavy atom. The van der Waals surface area contributed by atoms with Crippen LogP contribution in [0.1, 0.15) is 12.0 Å². The van der Waals surface area contributed by atoms with E-state index in [-0.39, 0.29) is 22.5 Å². The average molecular weight is 463 g/mol. The lowest BCUT2D eigenvalue weighted by Crippen LogP contribution is -2.43. The number of fused-ring (bicyclic) bond motifs is 1. The zero-order valence-corrected chi connectivity index (χ0v) is 18.9. The lowest BCUT2D eigenvalue weighted by atomic mass is 10.0. The van der Waals surface area contributed by atoms with Gasteiger partial charge in [-0.3, -0.25) is 4.79 Å². The summed E-state index contributed by atoms with van der Waals surface area (Å²) in [7, 11) is -3.47. The minimum Gasteiger partial charge on any atom is -0.355 e. The van der Waals surface area contributed by atoms with Crippen molar-refractivity contribution in [3.63, 3.8) is 0 Å². The highest BCUT2D eigenvalue weighted by Crippen LogP contribution is 2.35. The number of benzene rings is 3. The number of hydrogen-bond acceptors (Lipinski definition) is 4. The molecule has 1 saturated heterocycles. The van der Waals surface area contributed by atoms with Crippen LogP contribution in [0.2, 0.25) is 0 Å². The third-order valence-corrected chi connectivity index (χ3v) is 7.39. The molecule has 5 rings (SSSR count). The fraction of sp³-hybridized carbons (Fsp3) is 0.192. The van der Waals surface area contributed by atoms with Crippen molar-refractivity contribution in [1.29, 1.82) is 0 Å². The predicted octanol–water partition coefficient (Wildman–Crippen LogP) is 4.53. The van der Waals surface area contributed by atoms with Gasteiger partial charge in [0.05, 0.1) is 10.6 Å². The highest BCUT2D eigenvalue weighted by atomic mass is 32.2. The maximum atomic E-state index is 15.2. The summed E-state index contributed by atoms with van der Waals surface area (Å²) in [5.74, 6) is -0.688.